The summed E-state index contributed by atoms with van der Waals surface area (Å²) in [6, 6.07) is 0.909. The van der Waals surface area contributed by atoms with Crippen molar-refractivity contribution in [2.24, 2.45) is 10.8 Å². The van der Waals surface area contributed by atoms with Crippen LogP contribution in [0.4, 0.5) is 0 Å². The van der Waals surface area contributed by atoms with Crippen molar-refractivity contribution in [1.82, 2.24) is 10.6 Å². The van der Waals surface area contributed by atoms with Gasteiger partial charge in [0.25, 0.3) is 0 Å². The maximum absolute atomic E-state index is 12.0. The van der Waals surface area contributed by atoms with Crippen LogP contribution in [0.5, 0.6) is 0 Å². The Kier molecular flexibility index (Phi) is 4.78. The zero-order valence-electron chi connectivity index (χ0n) is 13.7. The molecule has 3 nitrogen and oxygen atoms in total. The molecule has 0 bridgehead atoms. The number of hydrogen-bond acceptors (Lipinski definition) is 2. The molecule has 3 heteroatoms. The first-order valence-electron chi connectivity index (χ1n) is 8.29. The van der Waals surface area contributed by atoms with Crippen LogP contribution in [0.3, 0.4) is 0 Å². The van der Waals surface area contributed by atoms with Crippen LogP contribution < -0.4 is 10.6 Å². The van der Waals surface area contributed by atoms with Gasteiger partial charge in [-0.15, -0.1) is 0 Å². The molecule has 2 aliphatic carbocycles. The van der Waals surface area contributed by atoms with E-state index < -0.39 is 0 Å². The summed E-state index contributed by atoms with van der Waals surface area (Å²) in [6.07, 6.45) is 8.48. The van der Waals surface area contributed by atoms with Crippen LogP contribution in [-0.4, -0.2) is 24.5 Å². The van der Waals surface area contributed by atoms with Crippen LogP contribution in [0.1, 0.15) is 72.6 Å². The Morgan fingerprint density at radius 3 is 2.10 bits per heavy atom. The van der Waals surface area contributed by atoms with Crippen molar-refractivity contribution < 1.29 is 4.79 Å². The predicted octanol–water partition coefficient (Wildman–Crippen LogP) is 3.24. The highest BCUT2D eigenvalue weighted by molar-refractivity contribution is 5.78. The molecular weight excluding hydrogens is 248 g/mol. The molecule has 0 saturated heterocycles. The molecule has 0 heterocycles. The summed E-state index contributed by atoms with van der Waals surface area (Å²) in [4.78, 5) is 12.0. The van der Waals surface area contributed by atoms with Crippen LogP contribution in [0.25, 0.3) is 0 Å². The molecule has 0 aromatic heterocycles. The summed E-state index contributed by atoms with van der Waals surface area (Å²) in [7, 11) is 0. The average molecular weight is 280 g/mol. The fourth-order valence-electron chi connectivity index (χ4n) is 4.58. The second-order valence-electron chi connectivity index (χ2n) is 8.54. The highest BCUT2D eigenvalue weighted by Crippen LogP contribution is 2.45. The summed E-state index contributed by atoms with van der Waals surface area (Å²) in [6.45, 7) is 9.87. The molecule has 2 N–H and O–H groups in total. The van der Waals surface area contributed by atoms with Gasteiger partial charge in [-0.3, -0.25) is 4.79 Å². The summed E-state index contributed by atoms with van der Waals surface area (Å²) >= 11 is 0. The van der Waals surface area contributed by atoms with E-state index in [1.54, 1.807) is 0 Å². The number of rotatable bonds is 4. The fraction of sp³-hybridized carbons (Fsp3) is 0.941. The van der Waals surface area contributed by atoms with Gasteiger partial charge in [0.1, 0.15) is 0 Å². The Hall–Kier alpha value is -0.570. The van der Waals surface area contributed by atoms with Gasteiger partial charge in [-0.05, 0) is 42.9 Å². The molecule has 0 radical (unpaired) electrons. The molecule has 0 aromatic rings. The van der Waals surface area contributed by atoms with E-state index >= 15 is 0 Å². The van der Waals surface area contributed by atoms with Gasteiger partial charge in [0, 0.05) is 12.1 Å². The molecule has 0 aliphatic heterocycles. The van der Waals surface area contributed by atoms with Gasteiger partial charge in [0.2, 0.25) is 5.91 Å². The molecule has 0 spiro atoms. The molecular formula is C17H32N2O. The molecule has 2 aliphatic rings. The minimum Gasteiger partial charge on any atom is -0.352 e. The molecule has 2 fully saturated rings. The van der Waals surface area contributed by atoms with E-state index in [0.717, 1.165) is 12.8 Å². The predicted molar refractivity (Wildman–Crippen MR) is 83.6 cm³/mol. The maximum atomic E-state index is 12.0. The van der Waals surface area contributed by atoms with Crippen molar-refractivity contribution in [3.05, 3.63) is 0 Å². The lowest BCUT2D eigenvalue weighted by Crippen LogP contribution is -2.47. The first kappa shape index (κ1) is 15.8. The van der Waals surface area contributed by atoms with Crippen molar-refractivity contribution in [2.45, 2.75) is 84.7 Å². The highest BCUT2D eigenvalue weighted by atomic mass is 16.2. The van der Waals surface area contributed by atoms with Gasteiger partial charge in [-0.25, -0.2) is 0 Å². The summed E-state index contributed by atoms with van der Waals surface area (Å²) in [5.74, 6) is 0.179. The Balaban J connectivity index is 1.76. The number of nitrogens with one attached hydrogen (secondary N) is 2. The van der Waals surface area contributed by atoms with Crippen molar-refractivity contribution >= 4 is 5.91 Å². The van der Waals surface area contributed by atoms with Crippen LogP contribution in [-0.2, 0) is 4.79 Å². The summed E-state index contributed by atoms with van der Waals surface area (Å²) in [5, 5.41) is 6.65. The standard InChI is InChI=1S/C17H32N2O/c1-16(2)9-14(10-17(3,4)12-16)18-11-15(20)19-13-7-5-6-8-13/h13-14,18H,5-12H2,1-4H3,(H,19,20). The quantitative estimate of drug-likeness (QED) is 0.830. The van der Waals surface area contributed by atoms with Gasteiger partial charge >= 0.3 is 0 Å². The van der Waals surface area contributed by atoms with E-state index in [9.17, 15) is 4.79 Å². The SMILES string of the molecule is CC1(C)CC(NCC(=O)NC2CCCC2)CC(C)(C)C1. The van der Waals surface area contributed by atoms with Crippen LogP contribution in [0.2, 0.25) is 0 Å². The molecule has 1 amide bonds. The third-order valence-corrected chi connectivity index (χ3v) is 4.83. The smallest absolute Gasteiger partial charge is 0.234 e. The van der Waals surface area contributed by atoms with Crippen LogP contribution in [0, 0.1) is 10.8 Å². The highest BCUT2D eigenvalue weighted by Gasteiger charge is 2.38. The van der Waals surface area contributed by atoms with Gasteiger partial charge in [0.05, 0.1) is 6.54 Å². The molecule has 0 unspecified atom stereocenters. The minimum atomic E-state index is 0.179. The zero-order chi connectivity index (χ0) is 14.8. The topological polar surface area (TPSA) is 41.1 Å². The molecule has 2 saturated carbocycles. The van der Waals surface area contributed by atoms with E-state index in [2.05, 4.69) is 38.3 Å². The van der Waals surface area contributed by atoms with E-state index in [0.29, 0.717) is 29.5 Å². The van der Waals surface area contributed by atoms with E-state index in [1.807, 2.05) is 0 Å². The van der Waals surface area contributed by atoms with Gasteiger partial charge in [-0.1, -0.05) is 40.5 Å². The third kappa shape index (κ3) is 4.76. The largest absolute Gasteiger partial charge is 0.352 e. The lowest BCUT2D eigenvalue weighted by molar-refractivity contribution is -0.121. The molecule has 20 heavy (non-hydrogen) atoms. The van der Waals surface area contributed by atoms with E-state index in [4.69, 9.17) is 0 Å². The first-order valence-corrected chi connectivity index (χ1v) is 8.29. The molecule has 0 atom stereocenters. The van der Waals surface area contributed by atoms with Crippen LogP contribution in [0.15, 0.2) is 0 Å². The molecule has 116 valence electrons. The Labute approximate surface area is 124 Å². The average Bonchev–Trinajstić information content (AvgIpc) is 2.75. The van der Waals surface area contributed by atoms with Crippen molar-refractivity contribution in [3.8, 4) is 0 Å². The molecule has 2 rings (SSSR count). The van der Waals surface area contributed by atoms with Gasteiger partial charge < -0.3 is 10.6 Å². The van der Waals surface area contributed by atoms with E-state index in [1.165, 1.54) is 32.1 Å². The second-order valence-corrected chi connectivity index (χ2v) is 8.54. The first-order chi connectivity index (χ1) is 9.26. The third-order valence-electron chi connectivity index (χ3n) is 4.83. The maximum Gasteiger partial charge on any atom is 0.234 e. The lowest BCUT2D eigenvalue weighted by Gasteiger charge is -2.45. The van der Waals surface area contributed by atoms with Crippen LogP contribution >= 0.6 is 0 Å². The lowest BCUT2D eigenvalue weighted by atomic mass is 9.63. The van der Waals surface area contributed by atoms with Crippen molar-refractivity contribution in [2.75, 3.05) is 6.54 Å². The fourth-order valence-corrected chi connectivity index (χ4v) is 4.58. The number of carbonyl (C=O) groups excluding carboxylic acids is 1. The minimum absolute atomic E-state index is 0.179. The Morgan fingerprint density at radius 1 is 1.00 bits per heavy atom. The van der Waals surface area contributed by atoms with Crippen molar-refractivity contribution in [3.63, 3.8) is 0 Å². The normalized spacial score (nSPS) is 26.6. The second kappa shape index (κ2) is 6.05. The van der Waals surface area contributed by atoms with E-state index in [-0.39, 0.29) is 5.91 Å². The summed E-state index contributed by atoms with van der Waals surface area (Å²) in [5.41, 5.74) is 0.753. The van der Waals surface area contributed by atoms with Gasteiger partial charge in [0.15, 0.2) is 0 Å². The number of amides is 1. The number of hydrogen-bond donors (Lipinski definition) is 2. The van der Waals surface area contributed by atoms with Gasteiger partial charge in [-0.2, -0.15) is 0 Å². The van der Waals surface area contributed by atoms with Crippen molar-refractivity contribution in [1.29, 1.82) is 0 Å². The number of carbonyl (C=O) groups is 1. The molecule has 0 aromatic carbocycles. The Bertz CT molecular complexity index is 327. The monoisotopic (exact) mass is 280 g/mol. The Morgan fingerprint density at radius 2 is 1.55 bits per heavy atom. The zero-order valence-corrected chi connectivity index (χ0v) is 13.7. The summed E-state index contributed by atoms with van der Waals surface area (Å²) < 4.78 is 0.